The lowest BCUT2D eigenvalue weighted by molar-refractivity contribution is 1.09. The Morgan fingerprint density at radius 3 is 2.52 bits per heavy atom. The lowest BCUT2D eigenvalue weighted by Crippen LogP contribution is -2.12. The fourth-order valence-electron chi connectivity index (χ4n) is 1.98. The number of aryl methyl sites for hydroxylation is 1. The summed E-state index contributed by atoms with van der Waals surface area (Å²) in [7, 11) is 0. The predicted molar refractivity (Wildman–Crippen MR) is 86.0 cm³/mol. The van der Waals surface area contributed by atoms with Crippen molar-refractivity contribution in [3.05, 3.63) is 69.1 Å². The number of halogens is 1. The van der Waals surface area contributed by atoms with Crippen molar-refractivity contribution in [3.8, 4) is 22.8 Å². The van der Waals surface area contributed by atoms with Crippen LogP contribution in [0.15, 0.2) is 57.9 Å². The van der Waals surface area contributed by atoms with E-state index in [-0.39, 0.29) is 5.56 Å². The van der Waals surface area contributed by atoms with E-state index in [1.54, 1.807) is 6.20 Å². The minimum absolute atomic E-state index is 0.221. The Morgan fingerprint density at radius 2 is 1.86 bits per heavy atom. The van der Waals surface area contributed by atoms with Gasteiger partial charge in [0.15, 0.2) is 5.82 Å². The average Bonchev–Trinajstić information content (AvgIpc) is 2.51. The molecule has 4 nitrogen and oxygen atoms in total. The molecule has 0 amide bonds. The zero-order chi connectivity index (χ0) is 14.8. The number of H-pyrrole nitrogens is 1. The topological polar surface area (TPSA) is 58.6 Å². The van der Waals surface area contributed by atoms with E-state index in [4.69, 9.17) is 0 Å². The summed E-state index contributed by atoms with van der Waals surface area (Å²) in [5, 5.41) is 0. The van der Waals surface area contributed by atoms with Gasteiger partial charge in [-0.3, -0.25) is 9.78 Å². The molecule has 2 aromatic heterocycles. The van der Waals surface area contributed by atoms with Crippen molar-refractivity contribution in [1.29, 1.82) is 0 Å². The second-order valence-electron chi connectivity index (χ2n) is 4.66. The highest BCUT2D eigenvalue weighted by Crippen LogP contribution is 2.24. The number of nitrogens with one attached hydrogen (secondary N) is 1. The summed E-state index contributed by atoms with van der Waals surface area (Å²) in [5.41, 5.74) is 2.96. The Bertz CT molecular complexity index is 826. The first-order valence-electron chi connectivity index (χ1n) is 6.43. The Kier molecular flexibility index (Phi) is 3.66. The van der Waals surface area contributed by atoms with Crippen LogP contribution < -0.4 is 5.56 Å². The largest absolute Gasteiger partial charge is 0.304 e. The zero-order valence-corrected chi connectivity index (χ0v) is 12.9. The second-order valence-corrected chi connectivity index (χ2v) is 5.46. The first-order chi connectivity index (χ1) is 10.1. The molecule has 0 bridgehead atoms. The predicted octanol–water partition coefficient (Wildman–Crippen LogP) is 3.57. The monoisotopic (exact) mass is 341 g/mol. The van der Waals surface area contributed by atoms with Gasteiger partial charge in [-0.2, -0.15) is 0 Å². The van der Waals surface area contributed by atoms with Crippen molar-refractivity contribution in [3.63, 3.8) is 0 Å². The van der Waals surface area contributed by atoms with E-state index >= 15 is 0 Å². The minimum Gasteiger partial charge on any atom is -0.304 e. The molecule has 0 unspecified atom stereocenters. The Balaban J connectivity index is 2.19. The number of nitrogens with zero attached hydrogens (tertiary/aromatic N) is 2. The molecule has 0 saturated carbocycles. The molecule has 21 heavy (non-hydrogen) atoms. The van der Waals surface area contributed by atoms with Crippen LogP contribution in [0.4, 0.5) is 0 Å². The van der Waals surface area contributed by atoms with E-state index in [9.17, 15) is 4.79 Å². The van der Waals surface area contributed by atoms with Gasteiger partial charge < -0.3 is 4.98 Å². The number of hydrogen-bond acceptors (Lipinski definition) is 3. The normalized spacial score (nSPS) is 10.6. The number of hydrogen-bond donors (Lipinski definition) is 1. The maximum Gasteiger partial charge on any atom is 0.266 e. The quantitative estimate of drug-likeness (QED) is 0.775. The summed E-state index contributed by atoms with van der Waals surface area (Å²) < 4.78 is 0.421. The van der Waals surface area contributed by atoms with Gasteiger partial charge in [0.1, 0.15) is 10.2 Å². The molecule has 0 spiro atoms. The molecule has 1 N–H and O–H groups in total. The van der Waals surface area contributed by atoms with E-state index in [1.165, 1.54) is 0 Å². The molecule has 3 aromatic rings. The van der Waals surface area contributed by atoms with E-state index < -0.39 is 0 Å². The SMILES string of the molecule is Cc1ccc(-c2nc(-c3ccccc3)c(Br)c(=O)[nH]2)nc1. The summed E-state index contributed by atoms with van der Waals surface area (Å²) in [6.45, 7) is 1.96. The van der Waals surface area contributed by atoms with Gasteiger partial charge in [0.2, 0.25) is 0 Å². The molecule has 0 aliphatic rings. The fraction of sp³-hybridized carbons (Fsp3) is 0.0625. The number of aromatic amines is 1. The van der Waals surface area contributed by atoms with Crippen LogP contribution in [0.25, 0.3) is 22.8 Å². The summed E-state index contributed by atoms with van der Waals surface area (Å²) in [4.78, 5) is 23.7. The summed E-state index contributed by atoms with van der Waals surface area (Å²) >= 11 is 3.31. The van der Waals surface area contributed by atoms with E-state index in [2.05, 4.69) is 30.9 Å². The van der Waals surface area contributed by atoms with Crippen LogP contribution in [0.1, 0.15) is 5.56 Å². The standard InChI is InChI=1S/C16H12BrN3O/c1-10-7-8-12(18-9-10)15-19-14(13(17)16(21)20-15)11-5-3-2-4-6-11/h2-9H,1H3,(H,19,20,21). The molecule has 0 aliphatic heterocycles. The molecule has 2 heterocycles. The molecule has 0 radical (unpaired) electrons. The molecule has 0 saturated heterocycles. The van der Waals surface area contributed by atoms with Crippen LogP contribution >= 0.6 is 15.9 Å². The fourth-order valence-corrected chi connectivity index (χ4v) is 2.39. The van der Waals surface area contributed by atoms with Crippen molar-refractivity contribution in [2.24, 2.45) is 0 Å². The lowest BCUT2D eigenvalue weighted by atomic mass is 10.1. The smallest absolute Gasteiger partial charge is 0.266 e. The van der Waals surface area contributed by atoms with Crippen molar-refractivity contribution in [2.75, 3.05) is 0 Å². The highest BCUT2D eigenvalue weighted by molar-refractivity contribution is 9.10. The molecule has 5 heteroatoms. The molecule has 0 atom stereocenters. The number of benzene rings is 1. The van der Waals surface area contributed by atoms with Gasteiger partial charge in [-0.25, -0.2) is 4.98 Å². The van der Waals surface area contributed by atoms with Gasteiger partial charge in [0, 0.05) is 11.8 Å². The van der Waals surface area contributed by atoms with E-state index in [0.717, 1.165) is 11.1 Å². The van der Waals surface area contributed by atoms with Gasteiger partial charge in [-0.05, 0) is 34.5 Å². The lowest BCUT2D eigenvalue weighted by Gasteiger charge is -2.06. The van der Waals surface area contributed by atoms with Crippen molar-refractivity contribution < 1.29 is 0 Å². The third-order valence-electron chi connectivity index (χ3n) is 3.06. The Morgan fingerprint density at radius 1 is 1.10 bits per heavy atom. The van der Waals surface area contributed by atoms with Crippen LogP contribution in [0.3, 0.4) is 0 Å². The van der Waals surface area contributed by atoms with Crippen molar-refractivity contribution >= 4 is 15.9 Å². The average molecular weight is 342 g/mol. The highest BCUT2D eigenvalue weighted by Gasteiger charge is 2.12. The summed E-state index contributed by atoms with van der Waals surface area (Å²) in [6.07, 6.45) is 1.75. The number of rotatable bonds is 2. The third-order valence-corrected chi connectivity index (χ3v) is 3.80. The summed E-state index contributed by atoms with van der Waals surface area (Å²) in [6, 6.07) is 13.4. The van der Waals surface area contributed by atoms with Gasteiger partial charge in [-0.1, -0.05) is 36.4 Å². The first-order valence-corrected chi connectivity index (χ1v) is 7.23. The number of pyridine rings is 1. The van der Waals surface area contributed by atoms with Crippen LogP contribution in [-0.4, -0.2) is 15.0 Å². The van der Waals surface area contributed by atoms with Crippen molar-refractivity contribution in [1.82, 2.24) is 15.0 Å². The van der Waals surface area contributed by atoms with Gasteiger partial charge >= 0.3 is 0 Å². The van der Waals surface area contributed by atoms with Gasteiger partial charge in [-0.15, -0.1) is 0 Å². The maximum atomic E-state index is 12.1. The van der Waals surface area contributed by atoms with Crippen LogP contribution in [0, 0.1) is 6.92 Å². The van der Waals surface area contributed by atoms with Crippen molar-refractivity contribution in [2.45, 2.75) is 6.92 Å². The van der Waals surface area contributed by atoms with E-state index in [0.29, 0.717) is 21.7 Å². The molecule has 3 rings (SSSR count). The third kappa shape index (κ3) is 2.78. The first kappa shape index (κ1) is 13.7. The van der Waals surface area contributed by atoms with Gasteiger partial charge in [0.25, 0.3) is 5.56 Å². The second kappa shape index (κ2) is 5.61. The van der Waals surface area contributed by atoms with Gasteiger partial charge in [0.05, 0.1) is 5.69 Å². The summed E-state index contributed by atoms with van der Waals surface area (Å²) in [5.74, 6) is 0.460. The van der Waals surface area contributed by atoms with Crippen LogP contribution in [-0.2, 0) is 0 Å². The van der Waals surface area contributed by atoms with Crippen LogP contribution in [0.2, 0.25) is 0 Å². The molecule has 104 valence electrons. The molecular formula is C16H12BrN3O. The Hall–Kier alpha value is -2.27. The minimum atomic E-state index is -0.221. The highest BCUT2D eigenvalue weighted by atomic mass is 79.9. The maximum absolute atomic E-state index is 12.1. The molecule has 0 fully saturated rings. The molecule has 1 aromatic carbocycles. The Labute approximate surface area is 130 Å². The number of aromatic nitrogens is 3. The van der Waals surface area contributed by atoms with Crippen LogP contribution in [0.5, 0.6) is 0 Å². The molecule has 0 aliphatic carbocycles. The zero-order valence-electron chi connectivity index (χ0n) is 11.3. The van der Waals surface area contributed by atoms with E-state index in [1.807, 2.05) is 49.4 Å². The molecular weight excluding hydrogens is 330 g/mol.